The zero-order valence-corrected chi connectivity index (χ0v) is 12.6. The van der Waals surface area contributed by atoms with Gasteiger partial charge < -0.3 is 15.8 Å². The topological polar surface area (TPSA) is 93.5 Å². The molecule has 7 heteroatoms. The van der Waals surface area contributed by atoms with Crippen LogP contribution in [0.1, 0.15) is 20.3 Å². The van der Waals surface area contributed by atoms with Gasteiger partial charge in [0.2, 0.25) is 10.0 Å². The maximum Gasteiger partial charge on any atom is 0.240 e. The summed E-state index contributed by atoms with van der Waals surface area (Å²) in [6, 6.07) is 4.68. The Hall–Kier alpha value is -1.31. The predicted octanol–water partition coefficient (Wildman–Crippen LogP) is 1.16. The van der Waals surface area contributed by atoms with E-state index in [1.54, 1.807) is 19.1 Å². The van der Waals surface area contributed by atoms with Gasteiger partial charge in [-0.15, -0.1) is 0 Å². The molecule has 1 saturated heterocycles. The summed E-state index contributed by atoms with van der Waals surface area (Å²) in [7, 11) is -3.48. The lowest BCUT2D eigenvalue weighted by atomic mass is 10.0. The van der Waals surface area contributed by atoms with Crippen molar-refractivity contribution in [1.29, 1.82) is 0 Å². The summed E-state index contributed by atoms with van der Waals surface area (Å²) in [5, 5.41) is 3.30. The van der Waals surface area contributed by atoms with Gasteiger partial charge in [-0.05, 0) is 31.5 Å². The average molecular weight is 299 g/mol. The monoisotopic (exact) mass is 299 g/mol. The molecule has 4 N–H and O–H groups in total. The lowest BCUT2D eigenvalue weighted by molar-refractivity contribution is 0.185. The van der Waals surface area contributed by atoms with Crippen molar-refractivity contribution in [2.45, 2.75) is 30.7 Å². The molecule has 0 spiro atoms. The molecule has 0 bridgehead atoms. The van der Waals surface area contributed by atoms with Crippen LogP contribution in [0.15, 0.2) is 23.1 Å². The summed E-state index contributed by atoms with van der Waals surface area (Å²) < 4.78 is 31.9. The molecule has 0 aliphatic carbocycles. The molecule has 2 rings (SSSR count). The van der Waals surface area contributed by atoms with Crippen LogP contribution in [0.2, 0.25) is 0 Å². The van der Waals surface area contributed by atoms with Gasteiger partial charge in [-0.1, -0.05) is 6.92 Å². The van der Waals surface area contributed by atoms with Gasteiger partial charge in [0, 0.05) is 13.2 Å². The van der Waals surface area contributed by atoms with Gasteiger partial charge in [0.25, 0.3) is 0 Å². The van der Waals surface area contributed by atoms with Crippen LogP contribution in [0, 0.1) is 0 Å². The van der Waals surface area contributed by atoms with E-state index >= 15 is 0 Å². The first-order valence-corrected chi connectivity index (χ1v) is 8.10. The highest BCUT2D eigenvalue weighted by molar-refractivity contribution is 7.89. The van der Waals surface area contributed by atoms with E-state index in [2.05, 4.69) is 10.0 Å². The van der Waals surface area contributed by atoms with Gasteiger partial charge in [-0.2, -0.15) is 0 Å². The van der Waals surface area contributed by atoms with Crippen molar-refractivity contribution in [1.82, 2.24) is 4.72 Å². The van der Waals surface area contributed by atoms with E-state index in [1.807, 2.05) is 6.92 Å². The maximum atomic E-state index is 12.0. The van der Waals surface area contributed by atoms with Crippen molar-refractivity contribution in [2.75, 3.05) is 30.8 Å². The Morgan fingerprint density at radius 3 is 2.80 bits per heavy atom. The van der Waals surface area contributed by atoms with E-state index in [-0.39, 0.29) is 10.4 Å². The second kappa shape index (κ2) is 5.59. The molecule has 1 aliphatic rings. The van der Waals surface area contributed by atoms with Gasteiger partial charge in [0.1, 0.15) is 0 Å². The van der Waals surface area contributed by atoms with Crippen LogP contribution in [0.4, 0.5) is 11.4 Å². The highest BCUT2D eigenvalue weighted by atomic mass is 32.2. The van der Waals surface area contributed by atoms with Crippen LogP contribution in [-0.4, -0.2) is 33.7 Å². The largest absolute Gasteiger partial charge is 0.397 e. The third-order valence-corrected chi connectivity index (χ3v) is 4.87. The second-order valence-electron chi connectivity index (χ2n) is 5.24. The summed E-state index contributed by atoms with van der Waals surface area (Å²) in [6.07, 6.45) is 0.858. The van der Waals surface area contributed by atoms with Crippen molar-refractivity contribution >= 4 is 21.4 Å². The highest BCUT2D eigenvalue weighted by Crippen LogP contribution is 2.29. The smallest absolute Gasteiger partial charge is 0.240 e. The van der Waals surface area contributed by atoms with Gasteiger partial charge in [0.15, 0.2) is 0 Å². The molecule has 1 fully saturated rings. The second-order valence-corrected chi connectivity index (χ2v) is 7.01. The maximum absolute atomic E-state index is 12.0. The standard InChI is InChI=1S/C13H21N3O3S/c1-3-15-20(17,18)10-4-5-11(14)12(8-10)16-13(2)6-7-19-9-13/h4-5,8,15-16H,3,6-7,9,14H2,1-2H3. The quantitative estimate of drug-likeness (QED) is 0.709. The third kappa shape index (κ3) is 3.23. The van der Waals surface area contributed by atoms with Crippen molar-refractivity contribution < 1.29 is 13.2 Å². The van der Waals surface area contributed by atoms with Crippen LogP contribution >= 0.6 is 0 Å². The molecule has 0 saturated carbocycles. The van der Waals surface area contributed by atoms with E-state index in [9.17, 15) is 8.42 Å². The van der Waals surface area contributed by atoms with Crippen LogP contribution in [0.5, 0.6) is 0 Å². The van der Waals surface area contributed by atoms with Crippen molar-refractivity contribution in [3.8, 4) is 0 Å². The Bertz CT molecular complexity index is 581. The number of rotatable bonds is 5. The van der Waals surface area contributed by atoms with E-state index in [1.165, 1.54) is 6.07 Å². The first kappa shape index (κ1) is 15.1. The van der Waals surface area contributed by atoms with Gasteiger partial charge >= 0.3 is 0 Å². The Morgan fingerprint density at radius 1 is 1.45 bits per heavy atom. The van der Waals surface area contributed by atoms with Gasteiger partial charge in [-0.3, -0.25) is 0 Å². The number of nitrogens with one attached hydrogen (secondary N) is 2. The minimum Gasteiger partial charge on any atom is -0.397 e. The van der Waals surface area contributed by atoms with Gasteiger partial charge in [-0.25, -0.2) is 13.1 Å². The fourth-order valence-electron chi connectivity index (χ4n) is 2.17. The first-order chi connectivity index (χ1) is 9.36. The molecule has 1 aromatic rings. The lowest BCUT2D eigenvalue weighted by Crippen LogP contribution is -2.35. The fourth-order valence-corrected chi connectivity index (χ4v) is 3.24. The lowest BCUT2D eigenvalue weighted by Gasteiger charge is -2.26. The minimum atomic E-state index is -3.48. The molecule has 0 amide bonds. The summed E-state index contributed by atoms with van der Waals surface area (Å²) in [4.78, 5) is 0.207. The number of hydrogen-bond donors (Lipinski definition) is 3. The van der Waals surface area contributed by atoms with E-state index in [4.69, 9.17) is 10.5 Å². The van der Waals surface area contributed by atoms with E-state index < -0.39 is 10.0 Å². The summed E-state index contributed by atoms with van der Waals surface area (Å²) in [5.41, 5.74) is 6.86. The summed E-state index contributed by atoms with van der Waals surface area (Å²) in [5.74, 6) is 0. The molecule has 1 atom stereocenters. The Morgan fingerprint density at radius 2 is 2.20 bits per heavy atom. The fraction of sp³-hybridized carbons (Fsp3) is 0.538. The SMILES string of the molecule is CCNS(=O)(=O)c1ccc(N)c(NC2(C)CCOC2)c1. The van der Waals surface area contributed by atoms with Crippen LogP contribution in [0.25, 0.3) is 0 Å². The molecule has 6 nitrogen and oxygen atoms in total. The number of nitrogen functional groups attached to an aromatic ring is 1. The molecule has 1 aliphatic heterocycles. The van der Waals surface area contributed by atoms with Crippen LogP contribution < -0.4 is 15.8 Å². The molecular weight excluding hydrogens is 278 g/mol. The average Bonchev–Trinajstić information content (AvgIpc) is 2.78. The summed E-state index contributed by atoms with van der Waals surface area (Å²) >= 11 is 0. The molecule has 112 valence electrons. The Balaban J connectivity index is 2.30. The molecule has 1 aromatic carbocycles. The van der Waals surface area contributed by atoms with E-state index in [0.29, 0.717) is 31.1 Å². The minimum absolute atomic E-state index is 0.207. The van der Waals surface area contributed by atoms with Crippen LogP contribution in [0.3, 0.4) is 0 Å². The van der Waals surface area contributed by atoms with Gasteiger partial charge in [0.05, 0.1) is 28.4 Å². The van der Waals surface area contributed by atoms with Crippen LogP contribution in [-0.2, 0) is 14.8 Å². The zero-order valence-electron chi connectivity index (χ0n) is 11.8. The number of nitrogens with two attached hydrogens (primary N) is 1. The molecule has 1 heterocycles. The third-order valence-electron chi connectivity index (χ3n) is 3.32. The number of ether oxygens (including phenoxy) is 1. The van der Waals surface area contributed by atoms with Crippen molar-refractivity contribution in [3.05, 3.63) is 18.2 Å². The zero-order chi connectivity index (χ0) is 14.8. The van der Waals surface area contributed by atoms with Crippen molar-refractivity contribution in [3.63, 3.8) is 0 Å². The normalized spacial score (nSPS) is 22.9. The Labute approximate surface area is 119 Å². The van der Waals surface area contributed by atoms with E-state index in [0.717, 1.165) is 6.42 Å². The number of sulfonamides is 1. The Kier molecular flexibility index (Phi) is 4.22. The molecule has 0 aromatic heterocycles. The van der Waals surface area contributed by atoms with Crippen molar-refractivity contribution in [2.24, 2.45) is 0 Å². The predicted molar refractivity (Wildman–Crippen MR) is 79.2 cm³/mol. The summed E-state index contributed by atoms with van der Waals surface area (Å²) in [6.45, 7) is 5.40. The molecule has 0 radical (unpaired) electrons. The molecule has 20 heavy (non-hydrogen) atoms. The highest BCUT2D eigenvalue weighted by Gasteiger charge is 2.30. The molecule has 1 unspecified atom stereocenters. The number of benzene rings is 1. The number of anilines is 2. The first-order valence-electron chi connectivity index (χ1n) is 6.61. The molecular formula is C13H21N3O3S. The number of hydrogen-bond acceptors (Lipinski definition) is 5.